The monoisotopic (exact) mass is 364 g/mol. The van der Waals surface area contributed by atoms with Crippen molar-refractivity contribution in [1.29, 1.82) is 0 Å². The van der Waals surface area contributed by atoms with E-state index in [1.54, 1.807) is 6.07 Å². The van der Waals surface area contributed by atoms with Gasteiger partial charge >= 0.3 is 0 Å². The van der Waals surface area contributed by atoms with Crippen LogP contribution in [0.25, 0.3) is 0 Å². The molecule has 0 aliphatic carbocycles. The Morgan fingerprint density at radius 1 is 0.778 bits per heavy atom. The maximum Gasteiger partial charge on any atom is 0.259 e. The van der Waals surface area contributed by atoms with Gasteiger partial charge < -0.3 is 9.80 Å². The van der Waals surface area contributed by atoms with E-state index in [1.165, 1.54) is 0 Å². The fourth-order valence-electron chi connectivity index (χ4n) is 3.96. The van der Waals surface area contributed by atoms with E-state index in [2.05, 4.69) is 12.1 Å². The van der Waals surface area contributed by atoms with Gasteiger partial charge in [-0.1, -0.05) is 30.3 Å². The first-order chi connectivity index (χ1) is 13.2. The van der Waals surface area contributed by atoms with Gasteiger partial charge in [0.2, 0.25) is 0 Å². The lowest BCUT2D eigenvalue weighted by molar-refractivity contribution is -0.688. The van der Waals surface area contributed by atoms with Gasteiger partial charge in [0.1, 0.15) is 11.1 Å². The van der Waals surface area contributed by atoms with Crippen molar-refractivity contribution in [2.45, 2.75) is 32.2 Å². The van der Waals surface area contributed by atoms with Gasteiger partial charge in [-0.2, -0.15) is 4.57 Å². The molecule has 2 aromatic rings. The third-order valence-corrected chi connectivity index (χ3v) is 5.41. The van der Waals surface area contributed by atoms with Gasteiger partial charge in [0.05, 0.1) is 0 Å². The molecule has 3 heterocycles. The molecule has 0 spiro atoms. The molecule has 0 bridgehead atoms. The molecule has 2 fully saturated rings. The van der Waals surface area contributed by atoms with E-state index in [-0.39, 0.29) is 11.8 Å². The molecule has 27 heavy (non-hydrogen) atoms. The number of amides is 2. The molecular formula is C22H26N3O2+. The smallest absolute Gasteiger partial charge is 0.259 e. The largest absolute Gasteiger partial charge is 0.338 e. The summed E-state index contributed by atoms with van der Waals surface area (Å²) >= 11 is 0. The first kappa shape index (κ1) is 17.7. The predicted octanol–water partition coefficient (Wildman–Crippen LogP) is 2.49. The minimum Gasteiger partial charge on any atom is -0.338 e. The van der Waals surface area contributed by atoms with Crippen molar-refractivity contribution in [2.75, 3.05) is 26.2 Å². The van der Waals surface area contributed by atoms with E-state index in [0.29, 0.717) is 17.7 Å². The van der Waals surface area contributed by atoms with Gasteiger partial charge in [0, 0.05) is 31.7 Å². The minimum atomic E-state index is 0.0328. The van der Waals surface area contributed by atoms with E-state index < -0.39 is 0 Å². The maximum absolute atomic E-state index is 12.9. The summed E-state index contributed by atoms with van der Waals surface area (Å²) in [6.07, 6.45) is 8.00. The van der Waals surface area contributed by atoms with Crippen LogP contribution < -0.4 is 4.57 Å². The van der Waals surface area contributed by atoms with Crippen molar-refractivity contribution in [3.63, 3.8) is 0 Å². The van der Waals surface area contributed by atoms with Crippen LogP contribution in [0.5, 0.6) is 0 Å². The normalized spacial score (nSPS) is 16.7. The lowest BCUT2D eigenvalue weighted by atomic mass is 10.1. The molecule has 0 N–H and O–H groups in total. The summed E-state index contributed by atoms with van der Waals surface area (Å²) in [4.78, 5) is 29.7. The molecular weight excluding hydrogens is 338 g/mol. The number of carbonyl (C=O) groups is 2. The molecule has 2 saturated heterocycles. The van der Waals surface area contributed by atoms with Crippen molar-refractivity contribution < 1.29 is 14.2 Å². The first-order valence-corrected chi connectivity index (χ1v) is 9.87. The van der Waals surface area contributed by atoms with Gasteiger partial charge in [-0.25, -0.2) is 0 Å². The van der Waals surface area contributed by atoms with Crippen LogP contribution in [0, 0.1) is 0 Å². The van der Waals surface area contributed by atoms with E-state index in [4.69, 9.17) is 0 Å². The molecule has 2 amide bonds. The van der Waals surface area contributed by atoms with Gasteiger partial charge in [-0.15, -0.1) is 0 Å². The topological polar surface area (TPSA) is 44.5 Å². The van der Waals surface area contributed by atoms with E-state index >= 15 is 0 Å². The highest BCUT2D eigenvalue weighted by Gasteiger charge is 2.26. The molecule has 5 heteroatoms. The molecule has 0 atom stereocenters. The van der Waals surface area contributed by atoms with Crippen molar-refractivity contribution in [1.82, 2.24) is 9.80 Å². The molecule has 0 unspecified atom stereocenters. The van der Waals surface area contributed by atoms with Crippen LogP contribution in [0.3, 0.4) is 0 Å². The average molecular weight is 364 g/mol. The quantitative estimate of drug-likeness (QED) is 0.783. The predicted molar refractivity (Wildman–Crippen MR) is 102 cm³/mol. The zero-order chi connectivity index (χ0) is 18.6. The lowest BCUT2D eigenvalue weighted by Crippen LogP contribution is -2.39. The van der Waals surface area contributed by atoms with E-state index in [1.807, 2.05) is 45.0 Å². The number of nitrogens with zero attached hydrogens (tertiary/aromatic N) is 3. The number of aromatic nitrogens is 1. The second-order valence-electron chi connectivity index (χ2n) is 7.47. The highest BCUT2D eigenvalue weighted by molar-refractivity contribution is 5.99. The molecule has 4 rings (SSSR count). The molecule has 2 aliphatic heterocycles. The molecule has 5 nitrogen and oxygen atoms in total. The highest BCUT2D eigenvalue weighted by Crippen LogP contribution is 2.16. The summed E-state index contributed by atoms with van der Waals surface area (Å²) in [6, 6.07) is 11.9. The molecule has 0 radical (unpaired) electrons. The van der Waals surface area contributed by atoms with Gasteiger partial charge in [0.25, 0.3) is 11.8 Å². The fourth-order valence-corrected chi connectivity index (χ4v) is 3.96. The summed E-state index contributed by atoms with van der Waals surface area (Å²) in [5.41, 5.74) is 2.36. The second kappa shape index (κ2) is 7.91. The Kier molecular flexibility index (Phi) is 5.19. The minimum absolute atomic E-state index is 0.0328. The summed E-state index contributed by atoms with van der Waals surface area (Å²) in [6.45, 7) is 3.87. The van der Waals surface area contributed by atoms with Gasteiger partial charge in [0.15, 0.2) is 18.9 Å². The van der Waals surface area contributed by atoms with Crippen LogP contribution in [0.15, 0.2) is 48.8 Å². The molecule has 140 valence electrons. The van der Waals surface area contributed by atoms with Crippen LogP contribution in [0.2, 0.25) is 0 Å². The number of rotatable bonds is 4. The Bertz CT molecular complexity index is 776. The Morgan fingerprint density at radius 2 is 1.26 bits per heavy atom. The lowest BCUT2D eigenvalue weighted by Gasteiger charge is -2.17. The molecule has 1 aromatic carbocycles. The van der Waals surface area contributed by atoms with E-state index in [9.17, 15) is 9.59 Å². The average Bonchev–Trinajstić information content (AvgIpc) is 3.41. The second-order valence-corrected chi connectivity index (χ2v) is 7.47. The molecule has 2 aliphatic rings. The standard InChI is InChI=1S/C22H26N3O2/c26-21(24-10-4-5-11-24)19-14-20(22(27)25-12-6-7-13-25)17-23(16-19)15-18-8-2-1-3-9-18/h1-3,8-9,14,16-17H,4-7,10-13,15H2/q+1. The Labute approximate surface area is 160 Å². The summed E-state index contributed by atoms with van der Waals surface area (Å²) in [7, 11) is 0. The molecule has 0 saturated carbocycles. The first-order valence-electron chi connectivity index (χ1n) is 9.87. The third-order valence-electron chi connectivity index (χ3n) is 5.41. The van der Waals surface area contributed by atoms with Crippen molar-refractivity contribution >= 4 is 11.8 Å². The number of pyridine rings is 1. The number of likely N-dealkylation sites (tertiary alicyclic amines) is 2. The van der Waals surface area contributed by atoms with Gasteiger partial charge in [-0.3, -0.25) is 9.59 Å². The fraction of sp³-hybridized carbons (Fsp3) is 0.409. The van der Waals surface area contributed by atoms with Crippen LogP contribution in [-0.2, 0) is 6.54 Å². The third kappa shape index (κ3) is 4.02. The summed E-state index contributed by atoms with van der Waals surface area (Å²) in [5.74, 6) is 0.0655. The SMILES string of the molecule is O=C(c1cc(C(=O)N2CCCC2)c[n+](Cc2ccccc2)c1)N1CCCC1. The Morgan fingerprint density at radius 3 is 1.74 bits per heavy atom. The van der Waals surface area contributed by atoms with Crippen molar-refractivity contribution in [3.05, 3.63) is 65.5 Å². The zero-order valence-electron chi connectivity index (χ0n) is 15.6. The van der Waals surface area contributed by atoms with Crippen molar-refractivity contribution in [2.24, 2.45) is 0 Å². The number of hydrogen-bond acceptors (Lipinski definition) is 2. The van der Waals surface area contributed by atoms with Gasteiger partial charge in [-0.05, 0) is 31.7 Å². The Balaban J connectivity index is 1.66. The van der Waals surface area contributed by atoms with Crippen LogP contribution in [0.1, 0.15) is 52.0 Å². The van der Waals surface area contributed by atoms with Crippen LogP contribution in [-0.4, -0.2) is 47.8 Å². The summed E-state index contributed by atoms with van der Waals surface area (Å²) < 4.78 is 1.97. The summed E-state index contributed by atoms with van der Waals surface area (Å²) in [5, 5.41) is 0. The van der Waals surface area contributed by atoms with Crippen LogP contribution >= 0.6 is 0 Å². The Hall–Kier alpha value is -2.69. The van der Waals surface area contributed by atoms with Crippen LogP contribution in [0.4, 0.5) is 0 Å². The van der Waals surface area contributed by atoms with Crippen molar-refractivity contribution in [3.8, 4) is 0 Å². The number of carbonyl (C=O) groups excluding carboxylic acids is 2. The highest BCUT2D eigenvalue weighted by atomic mass is 16.2. The van der Waals surface area contributed by atoms with E-state index in [0.717, 1.165) is 57.4 Å². The number of hydrogen-bond donors (Lipinski definition) is 0. The zero-order valence-corrected chi connectivity index (χ0v) is 15.6. The number of benzene rings is 1. The maximum atomic E-state index is 12.9. The molecule has 1 aromatic heterocycles.